The standard InChI is InChI=1S/C17H12BrClN4O4/c1-9-4-12(2-3-15(9)19)27-13-6-10(5-11(7-13)23(25)26)21-17(24)16-14(18)8-20-22-16/h2-8H,1H3,(H,20,22)(H,21,24). The van der Waals surface area contributed by atoms with Gasteiger partial charge in [0.15, 0.2) is 0 Å². The summed E-state index contributed by atoms with van der Waals surface area (Å²) in [5.74, 6) is 0.157. The topological polar surface area (TPSA) is 110 Å². The van der Waals surface area contributed by atoms with Crippen molar-refractivity contribution in [1.29, 1.82) is 0 Å². The minimum absolute atomic E-state index is 0.192. The van der Waals surface area contributed by atoms with Crippen LogP contribution in [0, 0.1) is 17.0 Å². The molecule has 0 fully saturated rings. The second-order valence-corrected chi connectivity index (χ2v) is 6.79. The van der Waals surface area contributed by atoms with Crippen molar-refractivity contribution >= 4 is 44.8 Å². The number of hydrogen-bond acceptors (Lipinski definition) is 5. The Morgan fingerprint density at radius 2 is 2.07 bits per heavy atom. The molecule has 0 atom stereocenters. The van der Waals surface area contributed by atoms with E-state index in [0.717, 1.165) is 5.56 Å². The van der Waals surface area contributed by atoms with Crippen molar-refractivity contribution in [1.82, 2.24) is 10.2 Å². The molecule has 27 heavy (non-hydrogen) atoms. The number of aryl methyl sites for hydroxylation is 1. The number of amides is 1. The van der Waals surface area contributed by atoms with Crippen molar-refractivity contribution in [3.8, 4) is 11.5 Å². The van der Waals surface area contributed by atoms with Crippen LogP contribution in [0.1, 0.15) is 16.1 Å². The molecule has 3 rings (SSSR count). The van der Waals surface area contributed by atoms with Crippen LogP contribution in [0.3, 0.4) is 0 Å². The number of nitro benzene ring substituents is 1. The Balaban J connectivity index is 1.90. The lowest BCUT2D eigenvalue weighted by Crippen LogP contribution is -2.13. The molecule has 1 heterocycles. The lowest BCUT2D eigenvalue weighted by atomic mass is 10.2. The molecule has 0 aliphatic heterocycles. The van der Waals surface area contributed by atoms with Crippen LogP contribution in [0.25, 0.3) is 0 Å². The van der Waals surface area contributed by atoms with E-state index in [1.807, 2.05) is 6.92 Å². The van der Waals surface area contributed by atoms with E-state index >= 15 is 0 Å². The fourth-order valence-electron chi connectivity index (χ4n) is 2.26. The summed E-state index contributed by atoms with van der Waals surface area (Å²) in [6.07, 6.45) is 1.43. The number of carbonyl (C=O) groups is 1. The fraction of sp³-hybridized carbons (Fsp3) is 0.0588. The number of halogens is 2. The molecular formula is C17H12BrClN4O4. The number of benzene rings is 2. The molecule has 0 unspecified atom stereocenters. The summed E-state index contributed by atoms with van der Waals surface area (Å²) in [6, 6.07) is 9.02. The van der Waals surface area contributed by atoms with Gasteiger partial charge in [0.25, 0.3) is 11.6 Å². The highest BCUT2D eigenvalue weighted by Crippen LogP contribution is 2.31. The Labute approximate surface area is 166 Å². The maximum atomic E-state index is 12.3. The highest BCUT2D eigenvalue weighted by Gasteiger charge is 2.16. The van der Waals surface area contributed by atoms with Gasteiger partial charge in [-0.15, -0.1) is 0 Å². The molecule has 0 spiro atoms. The van der Waals surface area contributed by atoms with E-state index in [9.17, 15) is 14.9 Å². The summed E-state index contributed by atoms with van der Waals surface area (Å²) in [5.41, 5.74) is 0.975. The minimum atomic E-state index is -0.568. The molecule has 3 aromatic rings. The van der Waals surface area contributed by atoms with Gasteiger partial charge in [-0.05, 0) is 46.6 Å². The average molecular weight is 452 g/mol. The SMILES string of the molecule is Cc1cc(Oc2cc(NC(=O)c3[nH]ncc3Br)cc([N+](=O)[O-])c2)ccc1Cl. The number of carbonyl (C=O) groups excluding carboxylic acids is 1. The first-order valence-corrected chi connectivity index (χ1v) is 8.74. The first-order chi connectivity index (χ1) is 12.8. The second-order valence-electron chi connectivity index (χ2n) is 5.53. The molecule has 0 aliphatic carbocycles. The third kappa shape index (κ3) is 4.44. The summed E-state index contributed by atoms with van der Waals surface area (Å²) < 4.78 is 6.17. The minimum Gasteiger partial charge on any atom is -0.457 e. The molecule has 10 heteroatoms. The Bertz CT molecular complexity index is 1040. The summed E-state index contributed by atoms with van der Waals surface area (Å²) in [6.45, 7) is 1.82. The third-order valence-corrected chi connectivity index (χ3v) is 4.57. The number of anilines is 1. The second kappa shape index (κ2) is 7.77. The van der Waals surface area contributed by atoms with E-state index in [1.54, 1.807) is 18.2 Å². The third-order valence-electron chi connectivity index (χ3n) is 3.55. The van der Waals surface area contributed by atoms with Gasteiger partial charge in [0.1, 0.15) is 17.2 Å². The van der Waals surface area contributed by atoms with Gasteiger partial charge < -0.3 is 10.1 Å². The summed E-state index contributed by atoms with van der Waals surface area (Å²) in [4.78, 5) is 22.9. The van der Waals surface area contributed by atoms with Gasteiger partial charge >= 0.3 is 0 Å². The Hall–Kier alpha value is -2.91. The van der Waals surface area contributed by atoms with Gasteiger partial charge in [-0.3, -0.25) is 20.0 Å². The van der Waals surface area contributed by atoms with E-state index in [0.29, 0.717) is 15.2 Å². The number of hydrogen-bond donors (Lipinski definition) is 2. The van der Waals surface area contributed by atoms with Gasteiger partial charge in [-0.1, -0.05) is 11.6 Å². The molecular weight excluding hydrogens is 440 g/mol. The molecule has 2 aromatic carbocycles. The molecule has 0 saturated heterocycles. The number of H-pyrrole nitrogens is 1. The molecule has 138 valence electrons. The monoisotopic (exact) mass is 450 g/mol. The molecule has 2 N–H and O–H groups in total. The maximum absolute atomic E-state index is 12.3. The van der Waals surface area contributed by atoms with Crippen molar-refractivity contribution in [2.45, 2.75) is 6.92 Å². The summed E-state index contributed by atoms with van der Waals surface area (Å²) in [5, 5.41) is 20.7. The van der Waals surface area contributed by atoms with Gasteiger partial charge in [-0.25, -0.2) is 0 Å². The number of non-ortho nitro benzene ring substituents is 1. The quantitative estimate of drug-likeness (QED) is 0.415. The number of nitrogens with zero attached hydrogens (tertiary/aromatic N) is 2. The lowest BCUT2D eigenvalue weighted by molar-refractivity contribution is -0.384. The summed E-state index contributed by atoms with van der Waals surface area (Å²) in [7, 11) is 0. The number of nitrogens with one attached hydrogen (secondary N) is 2. The highest BCUT2D eigenvalue weighted by molar-refractivity contribution is 9.10. The van der Waals surface area contributed by atoms with E-state index < -0.39 is 10.8 Å². The summed E-state index contributed by atoms with van der Waals surface area (Å²) >= 11 is 9.18. The number of nitro groups is 1. The Morgan fingerprint density at radius 3 is 2.70 bits per heavy atom. The number of rotatable bonds is 5. The number of aromatic nitrogens is 2. The van der Waals surface area contributed by atoms with Crippen LogP contribution >= 0.6 is 27.5 Å². The number of aromatic amines is 1. The van der Waals surface area contributed by atoms with Gasteiger partial charge in [0.05, 0.1) is 27.3 Å². The zero-order chi connectivity index (χ0) is 19.6. The number of ether oxygens (including phenoxy) is 1. The normalized spacial score (nSPS) is 10.5. The smallest absolute Gasteiger partial charge is 0.275 e. The molecule has 8 nitrogen and oxygen atoms in total. The molecule has 1 amide bonds. The highest BCUT2D eigenvalue weighted by atomic mass is 79.9. The largest absolute Gasteiger partial charge is 0.457 e. The van der Waals surface area contributed by atoms with Crippen LogP contribution in [-0.4, -0.2) is 21.0 Å². The molecule has 0 saturated carbocycles. The van der Waals surface area contributed by atoms with Gasteiger partial charge in [0.2, 0.25) is 0 Å². The molecule has 0 radical (unpaired) electrons. The van der Waals surface area contributed by atoms with Crippen molar-refractivity contribution < 1.29 is 14.5 Å². The van der Waals surface area contributed by atoms with Gasteiger partial charge in [0, 0.05) is 17.2 Å². The van der Waals surface area contributed by atoms with E-state index in [1.165, 1.54) is 24.4 Å². The first kappa shape index (κ1) is 18.9. The van der Waals surface area contributed by atoms with Crippen LogP contribution in [0.5, 0.6) is 11.5 Å². The molecule has 0 aliphatic rings. The van der Waals surface area contributed by atoms with Crippen LogP contribution in [0.4, 0.5) is 11.4 Å². The zero-order valence-electron chi connectivity index (χ0n) is 13.8. The molecule has 0 bridgehead atoms. The van der Waals surface area contributed by atoms with Gasteiger partial charge in [-0.2, -0.15) is 5.10 Å². The zero-order valence-corrected chi connectivity index (χ0v) is 16.2. The van der Waals surface area contributed by atoms with Crippen molar-refractivity contribution in [2.75, 3.05) is 5.32 Å². The van der Waals surface area contributed by atoms with Crippen LogP contribution < -0.4 is 10.1 Å². The molecule has 1 aromatic heterocycles. The first-order valence-electron chi connectivity index (χ1n) is 7.57. The van der Waals surface area contributed by atoms with Crippen LogP contribution in [0.2, 0.25) is 5.02 Å². The lowest BCUT2D eigenvalue weighted by Gasteiger charge is -2.10. The van der Waals surface area contributed by atoms with E-state index in [4.69, 9.17) is 16.3 Å². The van der Waals surface area contributed by atoms with Crippen molar-refractivity contribution in [3.63, 3.8) is 0 Å². The average Bonchev–Trinajstić information content (AvgIpc) is 3.04. The fourth-order valence-corrected chi connectivity index (χ4v) is 2.75. The predicted molar refractivity (Wildman–Crippen MR) is 104 cm³/mol. The van der Waals surface area contributed by atoms with E-state index in [-0.39, 0.29) is 22.8 Å². The van der Waals surface area contributed by atoms with Crippen LogP contribution in [-0.2, 0) is 0 Å². The Kier molecular flexibility index (Phi) is 5.43. The maximum Gasteiger partial charge on any atom is 0.275 e. The Morgan fingerprint density at radius 1 is 1.30 bits per heavy atom. The van der Waals surface area contributed by atoms with Crippen molar-refractivity contribution in [2.24, 2.45) is 0 Å². The van der Waals surface area contributed by atoms with Crippen molar-refractivity contribution in [3.05, 3.63) is 73.5 Å². The van der Waals surface area contributed by atoms with E-state index in [2.05, 4.69) is 31.4 Å². The predicted octanol–water partition coefficient (Wildman–Crippen LogP) is 5.09. The van der Waals surface area contributed by atoms with Crippen LogP contribution in [0.15, 0.2) is 47.1 Å².